The van der Waals surface area contributed by atoms with Crippen molar-refractivity contribution in [3.05, 3.63) is 35.6 Å². The third-order valence-corrected chi connectivity index (χ3v) is 3.84. The Kier molecular flexibility index (Phi) is 3.26. The summed E-state index contributed by atoms with van der Waals surface area (Å²) in [5.74, 6) is -0.177. The smallest absolute Gasteiger partial charge is 0.123 e. The molecule has 0 aliphatic heterocycles. The summed E-state index contributed by atoms with van der Waals surface area (Å²) in [4.78, 5) is 0. The molecule has 16 heavy (non-hydrogen) atoms. The molecule has 1 aliphatic rings. The molecule has 0 saturated heterocycles. The van der Waals surface area contributed by atoms with E-state index in [1.165, 1.54) is 12.5 Å². The monoisotopic (exact) mass is 222 g/mol. The molecular formula is C13H19FN2. The molecule has 0 bridgehead atoms. The highest BCUT2D eigenvalue weighted by Gasteiger charge is 2.42. The Bertz CT molecular complexity index is 355. The van der Waals surface area contributed by atoms with Crippen molar-refractivity contribution in [3.8, 4) is 0 Å². The average molecular weight is 222 g/mol. The topological polar surface area (TPSA) is 38.0 Å². The maximum Gasteiger partial charge on any atom is 0.123 e. The minimum absolute atomic E-state index is 0.128. The van der Waals surface area contributed by atoms with E-state index >= 15 is 0 Å². The lowest BCUT2D eigenvalue weighted by Gasteiger charge is -2.47. The first-order valence-corrected chi connectivity index (χ1v) is 5.85. The molecule has 1 aromatic rings. The number of hydrogen-bond acceptors (Lipinski definition) is 2. The van der Waals surface area contributed by atoms with E-state index in [-0.39, 0.29) is 17.3 Å². The molecule has 88 valence electrons. The van der Waals surface area contributed by atoms with Gasteiger partial charge in [0, 0.05) is 11.5 Å². The van der Waals surface area contributed by atoms with E-state index in [1.54, 1.807) is 12.1 Å². The molecule has 1 fully saturated rings. The van der Waals surface area contributed by atoms with E-state index in [1.807, 2.05) is 13.1 Å². The summed E-state index contributed by atoms with van der Waals surface area (Å²) in [6, 6.07) is 6.99. The third-order valence-electron chi connectivity index (χ3n) is 3.84. The standard InChI is InChI=1S/C13H19FN2/c1-16-12(13(9-15)6-3-7-13)10-4-2-5-11(14)8-10/h2,4-5,8,12,16H,3,6-7,9,15H2,1H3. The SMILES string of the molecule is CNC(c1cccc(F)c1)C1(CN)CCC1. The molecule has 0 radical (unpaired) electrons. The predicted molar refractivity (Wildman–Crippen MR) is 63.5 cm³/mol. The summed E-state index contributed by atoms with van der Waals surface area (Å²) in [6.07, 6.45) is 3.49. The first kappa shape index (κ1) is 11.6. The first-order chi connectivity index (χ1) is 7.72. The van der Waals surface area contributed by atoms with Gasteiger partial charge in [0.15, 0.2) is 0 Å². The van der Waals surface area contributed by atoms with Crippen molar-refractivity contribution in [1.29, 1.82) is 0 Å². The molecule has 0 heterocycles. The Labute approximate surface area is 96.0 Å². The summed E-state index contributed by atoms with van der Waals surface area (Å²) >= 11 is 0. The number of nitrogens with one attached hydrogen (secondary N) is 1. The molecular weight excluding hydrogens is 203 g/mol. The highest BCUT2D eigenvalue weighted by atomic mass is 19.1. The number of halogens is 1. The van der Waals surface area contributed by atoms with E-state index in [0.29, 0.717) is 6.54 Å². The van der Waals surface area contributed by atoms with Crippen LogP contribution in [0.25, 0.3) is 0 Å². The fourth-order valence-electron chi connectivity index (χ4n) is 2.75. The second kappa shape index (κ2) is 4.52. The summed E-state index contributed by atoms with van der Waals surface area (Å²) in [5, 5.41) is 3.29. The van der Waals surface area contributed by atoms with Gasteiger partial charge in [0.25, 0.3) is 0 Å². The van der Waals surface area contributed by atoms with Crippen LogP contribution in [0.4, 0.5) is 4.39 Å². The molecule has 1 unspecified atom stereocenters. The summed E-state index contributed by atoms with van der Waals surface area (Å²) < 4.78 is 13.2. The van der Waals surface area contributed by atoms with Crippen LogP contribution in [0.15, 0.2) is 24.3 Å². The van der Waals surface area contributed by atoms with E-state index in [4.69, 9.17) is 5.73 Å². The number of benzene rings is 1. The lowest BCUT2D eigenvalue weighted by molar-refractivity contribution is 0.0878. The van der Waals surface area contributed by atoms with Gasteiger partial charge in [-0.25, -0.2) is 4.39 Å². The Morgan fingerprint density at radius 3 is 2.69 bits per heavy atom. The van der Waals surface area contributed by atoms with Gasteiger partial charge >= 0.3 is 0 Å². The number of rotatable bonds is 4. The Morgan fingerprint density at radius 1 is 1.50 bits per heavy atom. The van der Waals surface area contributed by atoms with Crippen LogP contribution in [0.1, 0.15) is 30.9 Å². The van der Waals surface area contributed by atoms with Crippen molar-refractivity contribution in [2.24, 2.45) is 11.1 Å². The van der Waals surface area contributed by atoms with Gasteiger partial charge in [0.2, 0.25) is 0 Å². The number of nitrogens with two attached hydrogens (primary N) is 1. The minimum atomic E-state index is -0.177. The van der Waals surface area contributed by atoms with Crippen molar-refractivity contribution in [2.45, 2.75) is 25.3 Å². The van der Waals surface area contributed by atoms with E-state index < -0.39 is 0 Å². The van der Waals surface area contributed by atoms with Crippen LogP contribution in [0.2, 0.25) is 0 Å². The summed E-state index contributed by atoms with van der Waals surface area (Å²) in [7, 11) is 1.92. The van der Waals surface area contributed by atoms with Crippen molar-refractivity contribution in [2.75, 3.05) is 13.6 Å². The van der Waals surface area contributed by atoms with Crippen molar-refractivity contribution in [1.82, 2.24) is 5.32 Å². The molecule has 1 saturated carbocycles. The molecule has 2 rings (SSSR count). The highest BCUT2D eigenvalue weighted by Crippen LogP contribution is 2.49. The molecule has 1 aliphatic carbocycles. The van der Waals surface area contributed by atoms with E-state index in [2.05, 4.69) is 5.32 Å². The maximum absolute atomic E-state index is 13.2. The minimum Gasteiger partial charge on any atom is -0.330 e. The van der Waals surface area contributed by atoms with Gasteiger partial charge in [0.05, 0.1) is 0 Å². The fraction of sp³-hybridized carbons (Fsp3) is 0.538. The lowest BCUT2D eigenvalue weighted by atomic mass is 9.62. The Morgan fingerprint density at radius 2 is 2.25 bits per heavy atom. The van der Waals surface area contributed by atoms with Gasteiger partial charge in [-0.1, -0.05) is 18.6 Å². The Balaban J connectivity index is 2.28. The van der Waals surface area contributed by atoms with Crippen LogP contribution in [0, 0.1) is 11.2 Å². The summed E-state index contributed by atoms with van der Waals surface area (Å²) in [6.45, 7) is 0.662. The molecule has 3 heteroatoms. The van der Waals surface area contributed by atoms with E-state index in [9.17, 15) is 4.39 Å². The molecule has 1 aromatic carbocycles. The quantitative estimate of drug-likeness (QED) is 0.819. The zero-order chi connectivity index (χ0) is 11.6. The second-order valence-corrected chi connectivity index (χ2v) is 4.70. The maximum atomic E-state index is 13.2. The molecule has 0 aromatic heterocycles. The van der Waals surface area contributed by atoms with Crippen LogP contribution in [-0.4, -0.2) is 13.6 Å². The molecule has 0 spiro atoms. The van der Waals surface area contributed by atoms with Crippen LogP contribution in [0.3, 0.4) is 0 Å². The predicted octanol–water partition coefficient (Wildman–Crippen LogP) is 2.22. The van der Waals surface area contributed by atoms with Gasteiger partial charge in [0.1, 0.15) is 5.82 Å². The van der Waals surface area contributed by atoms with Gasteiger partial charge in [-0.2, -0.15) is 0 Å². The summed E-state index contributed by atoms with van der Waals surface area (Å²) in [5.41, 5.74) is 7.02. The molecule has 3 N–H and O–H groups in total. The zero-order valence-corrected chi connectivity index (χ0v) is 9.67. The average Bonchev–Trinajstić information content (AvgIpc) is 2.23. The van der Waals surface area contributed by atoms with Gasteiger partial charge in [-0.3, -0.25) is 0 Å². The van der Waals surface area contributed by atoms with Crippen molar-refractivity contribution >= 4 is 0 Å². The normalized spacial score (nSPS) is 20.2. The van der Waals surface area contributed by atoms with Gasteiger partial charge in [-0.15, -0.1) is 0 Å². The van der Waals surface area contributed by atoms with Crippen LogP contribution in [0.5, 0.6) is 0 Å². The highest BCUT2D eigenvalue weighted by molar-refractivity contribution is 5.23. The van der Waals surface area contributed by atoms with Crippen LogP contribution in [-0.2, 0) is 0 Å². The van der Waals surface area contributed by atoms with Crippen molar-refractivity contribution < 1.29 is 4.39 Å². The second-order valence-electron chi connectivity index (χ2n) is 4.70. The fourth-order valence-corrected chi connectivity index (χ4v) is 2.75. The first-order valence-electron chi connectivity index (χ1n) is 5.85. The third kappa shape index (κ3) is 1.85. The Hall–Kier alpha value is -0.930. The van der Waals surface area contributed by atoms with E-state index in [0.717, 1.165) is 18.4 Å². The van der Waals surface area contributed by atoms with Crippen LogP contribution >= 0.6 is 0 Å². The zero-order valence-electron chi connectivity index (χ0n) is 9.67. The lowest BCUT2D eigenvalue weighted by Crippen LogP contribution is -2.47. The molecule has 0 amide bonds. The van der Waals surface area contributed by atoms with Gasteiger partial charge < -0.3 is 11.1 Å². The molecule has 2 nitrogen and oxygen atoms in total. The van der Waals surface area contributed by atoms with Crippen molar-refractivity contribution in [3.63, 3.8) is 0 Å². The number of hydrogen-bond donors (Lipinski definition) is 2. The van der Waals surface area contributed by atoms with Crippen LogP contribution < -0.4 is 11.1 Å². The largest absolute Gasteiger partial charge is 0.330 e. The molecule has 1 atom stereocenters. The van der Waals surface area contributed by atoms with Gasteiger partial charge in [-0.05, 0) is 44.1 Å².